The molecule has 0 bridgehead atoms. The van der Waals surface area contributed by atoms with Crippen molar-refractivity contribution in [1.29, 1.82) is 0 Å². The van der Waals surface area contributed by atoms with Gasteiger partial charge in [0.25, 0.3) is 5.22 Å². The number of hydrogen-bond donors (Lipinski definition) is 0. The van der Waals surface area contributed by atoms with Gasteiger partial charge in [0.1, 0.15) is 5.65 Å². The van der Waals surface area contributed by atoms with Crippen LogP contribution in [0.25, 0.3) is 17.1 Å². The minimum absolute atomic E-state index is 0.556. The van der Waals surface area contributed by atoms with Crippen LogP contribution in [0.1, 0.15) is 22.4 Å². The predicted molar refractivity (Wildman–Crippen MR) is 98.7 cm³/mol. The van der Waals surface area contributed by atoms with Crippen LogP contribution in [0.5, 0.6) is 0 Å². The molecule has 3 heterocycles. The van der Waals surface area contributed by atoms with Crippen molar-refractivity contribution in [1.82, 2.24) is 19.6 Å². The third-order valence-corrected chi connectivity index (χ3v) is 4.80. The lowest BCUT2D eigenvalue weighted by molar-refractivity contribution is 0.465. The molecule has 0 atom stereocenters. The van der Waals surface area contributed by atoms with Crippen molar-refractivity contribution in [3.05, 3.63) is 65.1 Å². The Labute approximate surface area is 150 Å². The van der Waals surface area contributed by atoms with E-state index in [9.17, 15) is 0 Å². The third-order valence-electron chi connectivity index (χ3n) is 3.95. The first-order valence-electron chi connectivity index (χ1n) is 8.07. The standard InChI is InChI=1S/C19H18N4OS/c1-12-7-13(2)9-15(8-12)18-21-22-19(24-18)25-11-16-10-23-6-4-5-14(3)17(23)20-16/h4-10H,11H2,1-3H3. The summed E-state index contributed by atoms with van der Waals surface area (Å²) in [4.78, 5) is 4.67. The molecule has 6 heteroatoms. The smallest absolute Gasteiger partial charge is 0.277 e. The Balaban J connectivity index is 1.51. The van der Waals surface area contributed by atoms with E-state index >= 15 is 0 Å². The average Bonchev–Trinajstić information content (AvgIpc) is 3.19. The number of hydrogen-bond acceptors (Lipinski definition) is 5. The monoisotopic (exact) mass is 350 g/mol. The number of aromatic nitrogens is 4. The molecule has 0 spiro atoms. The second-order valence-corrected chi connectivity index (χ2v) is 7.12. The summed E-state index contributed by atoms with van der Waals surface area (Å²) in [6.07, 6.45) is 4.05. The highest BCUT2D eigenvalue weighted by Gasteiger charge is 2.11. The van der Waals surface area contributed by atoms with Crippen LogP contribution in [-0.2, 0) is 5.75 Å². The van der Waals surface area contributed by atoms with E-state index in [1.165, 1.54) is 22.9 Å². The molecule has 4 aromatic rings. The second kappa shape index (κ2) is 6.37. The van der Waals surface area contributed by atoms with Crippen LogP contribution in [0.15, 0.2) is 52.4 Å². The zero-order chi connectivity index (χ0) is 17.4. The predicted octanol–water partition coefficient (Wildman–Crippen LogP) is 4.60. The maximum atomic E-state index is 5.81. The summed E-state index contributed by atoms with van der Waals surface area (Å²) in [5, 5.41) is 8.88. The van der Waals surface area contributed by atoms with E-state index in [4.69, 9.17) is 4.42 Å². The van der Waals surface area contributed by atoms with Gasteiger partial charge in [0.15, 0.2) is 0 Å². The van der Waals surface area contributed by atoms with E-state index in [0.717, 1.165) is 22.5 Å². The Morgan fingerprint density at radius 3 is 2.64 bits per heavy atom. The van der Waals surface area contributed by atoms with Crippen molar-refractivity contribution >= 4 is 17.4 Å². The molecule has 0 fully saturated rings. The first-order valence-corrected chi connectivity index (χ1v) is 9.05. The minimum Gasteiger partial charge on any atom is -0.411 e. The average molecular weight is 350 g/mol. The van der Waals surface area contributed by atoms with E-state index in [0.29, 0.717) is 16.9 Å². The highest BCUT2D eigenvalue weighted by molar-refractivity contribution is 7.98. The van der Waals surface area contributed by atoms with Gasteiger partial charge in [-0.1, -0.05) is 35.0 Å². The summed E-state index contributed by atoms with van der Waals surface area (Å²) < 4.78 is 7.85. The number of benzene rings is 1. The number of aryl methyl sites for hydroxylation is 3. The number of thioether (sulfide) groups is 1. The van der Waals surface area contributed by atoms with Gasteiger partial charge in [-0.25, -0.2) is 4.98 Å². The Morgan fingerprint density at radius 1 is 1.08 bits per heavy atom. The Hall–Kier alpha value is -2.60. The topological polar surface area (TPSA) is 56.2 Å². The summed E-state index contributed by atoms with van der Waals surface area (Å²) >= 11 is 1.50. The van der Waals surface area contributed by atoms with Crippen LogP contribution in [0, 0.1) is 20.8 Å². The normalized spacial score (nSPS) is 11.3. The lowest BCUT2D eigenvalue weighted by Crippen LogP contribution is -1.84. The highest BCUT2D eigenvalue weighted by atomic mass is 32.2. The fraction of sp³-hybridized carbons (Fsp3) is 0.211. The molecule has 0 aliphatic carbocycles. The molecule has 5 nitrogen and oxygen atoms in total. The van der Waals surface area contributed by atoms with Gasteiger partial charge in [0.2, 0.25) is 5.89 Å². The van der Waals surface area contributed by atoms with Crippen molar-refractivity contribution in [2.75, 3.05) is 0 Å². The van der Waals surface area contributed by atoms with Gasteiger partial charge in [-0.2, -0.15) is 0 Å². The first kappa shape index (κ1) is 15.9. The molecule has 0 saturated carbocycles. The molecule has 0 aliphatic rings. The van der Waals surface area contributed by atoms with E-state index in [1.54, 1.807) is 0 Å². The highest BCUT2D eigenvalue weighted by Crippen LogP contribution is 2.27. The molecule has 4 rings (SSSR count). The van der Waals surface area contributed by atoms with Crippen molar-refractivity contribution in [3.8, 4) is 11.5 Å². The molecular formula is C19H18N4OS. The van der Waals surface area contributed by atoms with Crippen molar-refractivity contribution < 1.29 is 4.42 Å². The number of pyridine rings is 1. The first-order chi connectivity index (χ1) is 12.1. The SMILES string of the molecule is Cc1cc(C)cc(-c2nnc(SCc3cn4cccc(C)c4n3)o2)c1. The zero-order valence-electron chi connectivity index (χ0n) is 14.4. The summed E-state index contributed by atoms with van der Waals surface area (Å²) in [5.41, 5.74) is 6.46. The van der Waals surface area contributed by atoms with E-state index in [1.807, 2.05) is 22.9 Å². The molecular weight excluding hydrogens is 332 g/mol. The molecule has 0 N–H and O–H groups in total. The number of fused-ring (bicyclic) bond motifs is 1. The molecule has 25 heavy (non-hydrogen) atoms. The minimum atomic E-state index is 0.556. The lowest BCUT2D eigenvalue weighted by atomic mass is 10.1. The Morgan fingerprint density at radius 2 is 1.88 bits per heavy atom. The van der Waals surface area contributed by atoms with Gasteiger partial charge < -0.3 is 8.82 Å². The summed E-state index contributed by atoms with van der Waals surface area (Å²) in [6, 6.07) is 10.3. The number of rotatable bonds is 4. The summed E-state index contributed by atoms with van der Waals surface area (Å²) in [5.74, 6) is 1.25. The largest absolute Gasteiger partial charge is 0.411 e. The maximum absolute atomic E-state index is 5.81. The van der Waals surface area contributed by atoms with Crippen LogP contribution in [0.4, 0.5) is 0 Å². The van der Waals surface area contributed by atoms with Crippen LogP contribution in [0.2, 0.25) is 0 Å². The number of nitrogens with zero attached hydrogens (tertiary/aromatic N) is 4. The Kier molecular flexibility index (Phi) is 4.05. The summed E-state index contributed by atoms with van der Waals surface area (Å²) in [7, 11) is 0. The molecule has 126 valence electrons. The van der Waals surface area contributed by atoms with Crippen LogP contribution in [-0.4, -0.2) is 19.6 Å². The number of imidazole rings is 1. The fourth-order valence-electron chi connectivity index (χ4n) is 2.89. The second-order valence-electron chi connectivity index (χ2n) is 6.19. The van der Waals surface area contributed by atoms with E-state index in [2.05, 4.69) is 60.2 Å². The Bertz CT molecular complexity index is 1030. The van der Waals surface area contributed by atoms with Crippen LogP contribution < -0.4 is 0 Å². The van der Waals surface area contributed by atoms with E-state index in [-0.39, 0.29) is 0 Å². The van der Waals surface area contributed by atoms with Gasteiger partial charge in [-0.05, 0) is 44.5 Å². The molecule has 3 aromatic heterocycles. The lowest BCUT2D eigenvalue weighted by Gasteiger charge is -2.00. The van der Waals surface area contributed by atoms with Crippen molar-refractivity contribution in [2.45, 2.75) is 31.7 Å². The van der Waals surface area contributed by atoms with Gasteiger partial charge in [0, 0.05) is 23.7 Å². The van der Waals surface area contributed by atoms with E-state index < -0.39 is 0 Å². The molecule has 1 aromatic carbocycles. The molecule has 0 saturated heterocycles. The van der Waals surface area contributed by atoms with Crippen LogP contribution >= 0.6 is 11.8 Å². The van der Waals surface area contributed by atoms with Crippen molar-refractivity contribution in [2.24, 2.45) is 0 Å². The van der Waals surface area contributed by atoms with Crippen molar-refractivity contribution in [3.63, 3.8) is 0 Å². The third kappa shape index (κ3) is 3.30. The van der Waals surface area contributed by atoms with Gasteiger partial charge in [0.05, 0.1) is 5.69 Å². The van der Waals surface area contributed by atoms with Crippen LogP contribution in [0.3, 0.4) is 0 Å². The molecule has 0 aliphatic heterocycles. The van der Waals surface area contributed by atoms with Gasteiger partial charge in [-0.3, -0.25) is 0 Å². The quantitative estimate of drug-likeness (QED) is 0.503. The molecule has 0 radical (unpaired) electrons. The fourth-order valence-corrected chi connectivity index (χ4v) is 3.54. The van der Waals surface area contributed by atoms with Gasteiger partial charge in [-0.15, -0.1) is 10.2 Å². The molecule has 0 unspecified atom stereocenters. The van der Waals surface area contributed by atoms with Gasteiger partial charge >= 0.3 is 0 Å². The maximum Gasteiger partial charge on any atom is 0.277 e. The molecule has 0 amide bonds. The zero-order valence-corrected chi connectivity index (χ0v) is 15.2. The summed E-state index contributed by atoms with van der Waals surface area (Å²) in [6.45, 7) is 6.19.